The Bertz CT molecular complexity index is 670. The molecule has 0 bridgehead atoms. The normalized spacial score (nSPS) is 23.8. The molecule has 6 heteroatoms. The topological polar surface area (TPSA) is 80.0 Å². The number of benzene rings is 1. The first-order valence-electron chi connectivity index (χ1n) is 7.96. The van der Waals surface area contributed by atoms with Gasteiger partial charge in [-0.3, -0.25) is 4.79 Å². The van der Waals surface area contributed by atoms with Gasteiger partial charge < -0.3 is 10.4 Å². The van der Waals surface area contributed by atoms with Crippen LogP contribution in [0.3, 0.4) is 0 Å². The molecule has 1 saturated carbocycles. The summed E-state index contributed by atoms with van der Waals surface area (Å²) in [7, 11) is 0. The Morgan fingerprint density at radius 3 is 2.96 bits per heavy atom. The number of hydrogen-bond acceptors (Lipinski definition) is 4. The molecule has 122 valence electrons. The lowest BCUT2D eigenvalue weighted by atomic mass is 9.86. The smallest absolute Gasteiger partial charge is 0.242 e. The molecule has 1 amide bonds. The van der Waals surface area contributed by atoms with Crippen LogP contribution in [0.25, 0.3) is 11.3 Å². The maximum atomic E-state index is 12.2. The zero-order chi connectivity index (χ0) is 16.3. The Hall–Kier alpha value is -2.21. The van der Waals surface area contributed by atoms with Gasteiger partial charge in [0.1, 0.15) is 12.2 Å². The van der Waals surface area contributed by atoms with Crippen molar-refractivity contribution in [2.45, 2.75) is 38.8 Å². The van der Waals surface area contributed by atoms with Crippen molar-refractivity contribution in [2.24, 2.45) is 5.41 Å². The lowest BCUT2D eigenvalue weighted by Gasteiger charge is -2.30. The quantitative estimate of drug-likeness (QED) is 0.879. The number of nitrogens with zero attached hydrogens (tertiary/aromatic N) is 3. The third-order valence-electron chi connectivity index (χ3n) is 4.69. The van der Waals surface area contributed by atoms with E-state index in [9.17, 15) is 9.90 Å². The molecule has 3 rings (SSSR count). The predicted octanol–water partition coefficient (Wildman–Crippen LogP) is 1.61. The Kier molecular flexibility index (Phi) is 4.43. The van der Waals surface area contributed by atoms with Crippen LogP contribution in [0.1, 0.15) is 26.2 Å². The number of nitrogens with one attached hydrogen (secondary N) is 1. The molecule has 0 spiro atoms. The molecule has 6 nitrogen and oxygen atoms in total. The monoisotopic (exact) mass is 314 g/mol. The van der Waals surface area contributed by atoms with Crippen LogP contribution in [0.2, 0.25) is 0 Å². The van der Waals surface area contributed by atoms with Gasteiger partial charge in [-0.25, -0.2) is 4.68 Å². The van der Waals surface area contributed by atoms with Crippen molar-refractivity contribution in [1.29, 1.82) is 0 Å². The SMILES string of the molecule is CC1(CO)CCCC1NC(=O)Cn1cc(-c2ccccc2)nn1. The van der Waals surface area contributed by atoms with Crippen LogP contribution in [0.15, 0.2) is 36.5 Å². The van der Waals surface area contributed by atoms with Crippen LogP contribution >= 0.6 is 0 Å². The van der Waals surface area contributed by atoms with E-state index in [1.807, 2.05) is 37.3 Å². The summed E-state index contributed by atoms with van der Waals surface area (Å²) in [4.78, 5) is 12.2. The fourth-order valence-electron chi connectivity index (χ4n) is 3.17. The molecule has 1 aliphatic rings. The molecular formula is C17H22N4O2. The summed E-state index contributed by atoms with van der Waals surface area (Å²) in [6, 6.07) is 9.77. The summed E-state index contributed by atoms with van der Waals surface area (Å²) in [6.45, 7) is 2.26. The molecule has 0 saturated heterocycles. The molecule has 2 aromatic rings. The van der Waals surface area contributed by atoms with Crippen LogP contribution in [0.4, 0.5) is 0 Å². The minimum atomic E-state index is -0.215. The highest BCUT2D eigenvalue weighted by Crippen LogP contribution is 2.37. The van der Waals surface area contributed by atoms with Crippen molar-refractivity contribution in [3.63, 3.8) is 0 Å². The van der Waals surface area contributed by atoms with Crippen molar-refractivity contribution in [3.05, 3.63) is 36.5 Å². The van der Waals surface area contributed by atoms with Crippen LogP contribution in [0.5, 0.6) is 0 Å². The van der Waals surface area contributed by atoms with E-state index in [1.54, 1.807) is 10.9 Å². The van der Waals surface area contributed by atoms with E-state index in [4.69, 9.17) is 0 Å². The summed E-state index contributed by atoms with van der Waals surface area (Å²) in [5.41, 5.74) is 1.51. The number of amides is 1. The van der Waals surface area contributed by atoms with E-state index >= 15 is 0 Å². The van der Waals surface area contributed by atoms with Gasteiger partial charge in [0.05, 0.1) is 12.8 Å². The van der Waals surface area contributed by atoms with Crippen LogP contribution < -0.4 is 5.32 Å². The minimum absolute atomic E-state index is 0.0251. The molecule has 1 aromatic heterocycles. The van der Waals surface area contributed by atoms with Gasteiger partial charge in [-0.05, 0) is 12.8 Å². The fraction of sp³-hybridized carbons (Fsp3) is 0.471. The van der Waals surface area contributed by atoms with Gasteiger partial charge in [-0.1, -0.05) is 48.9 Å². The van der Waals surface area contributed by atoms with E-state index in [0.29, 0.717) is 0 Å². The average molecular weight is 314 g/mol. The number of carbonyl (C=O) groups is 1. The van der Waals surface area contributed by atoms with Gasteiger partial charge in [-0.15, -0.1) is 5.10 Å². The first kappa shape index (κ1) is 15.7. The Balaban J connectivity index is 1.62. The molecule has 1 aliphatic carbocycles. The Morgan fingerprint density at radius 1 is 1.43 bits per heavy atom. The summed E-state index contributed by atoms with van der Waals surface area (Å²) >= 11 is 0. The highest BCUT2D eigenvalue weighted by Gasteiger charge is 2.39. The zero-order valence-corrected chi connectivity index (χ0v) is 13.3. The van der Waals surface area contributed by atoms with Crippen molar-refractivity contribution in [1.82, 2.24) is 20.3 Å². The molecule has 1 aromatic carbocycles. The minimum Gasteiger partial charge on any atom is -0.396 e. The molecule has 1 heterocycles. The number of carbonyl (C=O) groups excluding carboxylic acids is 1. The molecule has 2 atom stereocenters. The molecule has 2 N–H and O–H groups in total. The van der Waals surface area contributed by atoms with Gasteiger partial charge in [0, 0.05) is 17.0 Å². The van der Waals surface area contributed by atoms with Crippen molar-refractivity contribution in [3.8, 4) is 11.3 Å². The van der Waals surface area contributed by atoms with E-state index in [2.05, 4.69) is 15.6 Å². The van der Waals surface area contributed by atoms with Crippen molar-refractivity contribution in [2.75, 3.05) is 6.61 Å². The maximum absolute atomic E-state index is 12.2. The Labute approximate surface area is 135 Å². The summed E-state index contributed by atoms with van der Waals surface area (Å²) < 4.78 is 1.54. The van der Waals surface area contributed by atoms with E-state index in [-0.39, 0.29) is 30.5 Å². The van der Waals surface area contributed by atoms with Gasteiger partial charge in [-0.2, -0.15) is 0 Å². The molecule has 23 heavy (non-hydrogen) atoms. The van der Waals surface area contributed by atoms with Gasteiger partial charge in [0.25, 0.3) is 0 Å². The maximum Gasteiger partial charge on any atom is 0.242 e. The summed E-state index contributed by atoms with van der Waals surface area (Å²) in [6.07, 6.45) is 4.66. The summed E-state index contributed by atoms with van der Waals surface area (Å²) in [5, 5.41) is 20.7. The van der Waals surface area contributed by atoms with Crippen molar-refractivity contribution < 1.29 is 9.90 Å². The van der Waals surface area contributed by atoms with Gasteiger partial charge in [0.2, 0.25) is 5.91 Å². The first-order valence-corrected chi connectivity index (χ1v) is 7.96. The summed E-state index contributed by atoms with van der Waals surface area (Å²) in [5.74, 6) is -0.0962. The average Bonchev–Trinajstić information content (AvgIpc) is 3.16. The standard InChI is InChI=1S/C17H22N4O2/c1-17(12-22)9-5-8-15(17)18-16(23)11-21-10-14(19-20-21)13-6-3-2-4-7-13/h2-4,6-7,10,15,22H,5,8-9,11-12H2,1H3,(H,18,23). The predicted molar refractivity (Wildman–Crippen MR) is 86.4 cm³/mol. The largest absolute Gasteiger partial charge is 0.396 e. The number of rotatable bonds is 5. The van der Waals surface area contributed by atoms with E-state index < -0.39 is 0 Å². The van der Waals surface area contributed by atoms with Crippen LogP contribution in [-0.2, 0) is 11.3 Å². The molecule has 2 unspecified atom stereocenters. The van der Waals surface area contributed by atoms with Crippen LogP contribution in [-0.4, -0.2) is 38.7 Å². The number of aliphatic hydroxyl groups is 1. The molecular weight excluding hydrogens is 292 g/mol. The fourth-order valence-corrected chi connectivity index (χ4v) is 3.17. The van der Waals surface area contributed by atoms with Crippen molar-refractivity contribution >= 4 is 5.91 Å². The lowest BCUT2D eigenvalue weighted by molar-refractivity contribution is -0.123. The number of hydrogen-bond donors (Lipinski definition) is 2. The first-order chi connectivity index (χ1) is 11.1. The second kappa shape index (κ2) is 6.50. The third kappa shape index (κ3) is 3.42. The highest BCUT2D eigenvalue weighted by atomic mass is 16.3. The molecule has 0 radical (unpaired) electrons. The highest BCUT2D eigenvalue weighted by molar-refractivity contribution is 5.76. The van der Waals surface area contributed by atoms with E-state index in [0.717, 1.165) is 30.5 Å². The van der Waals surface area contributed by atoms with E-state index in [1.165, 1.54) is 0 Å². The number of aliphatic hydroxyl groups excluding tert-OH is 1. The van der Waals surface area contributed by atoms with Gasteiger partial charge in [0.15, 0.2) is 0 Å². The zero-order valence-electron chi connectivity index (χ0n) is 13.3. The third-order valence-corrected chi connectivity index (χ3v) is 4.69. The second-order valence-corrected chi connectivity index (χ2v) is 6.49. The Morgan fingerprint density at radius 2 is 2.22 bits per heavy atom. The number of aromatic nitrogens is 3. The van der Waals surface area contributed by atoms with Gasteiger partial charge >= 0.3 is 0 Å². The lowest BCUT2D eigenvalue weighted by Crippen LogP contribution is -2.45. The molecule has 1 fully saturated rings. The van der Waals surface area contributed by atoms with Crippen LogP contribution in [0, 0.1) is 5.41 Å². The molecule has 0 aliphatic heterocycles. The second-order valence-electron chi connectivity index (χ2n) is 6.49.